The van der Waals surface area contributed by atoms with Crippen molar-refractivity contribution in [1.29, 1.82) is 0 Å². The average Bonchev–Trinajstić information content (AvgIpc) is 3.93. The van der Waals surface area contributed by atoms with Crippen LogP contribution in [0.1, 0.15) is 0 Å². The molecule has 7 aromatic carbocycles. The molecule has 5 aromatic heterocycles. The van der Waals surface area contributed by atoms with Gasteiger partial charge in [0.2, 0.25) is 5.95 Å². The van der Waals surface area contributed by atoms with E-state index >= 15 is 0 Å². The zero-order chi connectivity index (χ0) is 32.5. The Morgan fingerprint density at radius 2 is 1.00 bits per heavy atom. The molecule has 0 saturated carbocycles. The predicted octanol–water partition coefficient (Wildman–Crippen LogP) is 13.5. The molecular weight excluding hydrogens is 667 g/mol. The fraction of sp³-hybridized carbons (Fsp3) is 0. The minimum atomic E-state index is 0.701. The maximum atomic E-state index is 5.59. The van der Waals surface area contributed by atoms with Gasteiger partial charge >= 0.3 is 0 Å². The second-order valence-corrected chi connectivity index (χ2v) is 16.1. The lowest BCUT2D eigenvalue weighted by Crippen LogP contribution is -2.03. The molecule has 3 nitrogen and oxygen atoms in total. The van der Waals surface area contributed by atoms with Crippen molar-refractivity contribution < 1.29 is 0 Å². The molecule has 232 valence electrons. The van der Waals surface area contributed by atoms with Crippen LogP contribution >= 0.6 is 34.0 Å². The van der Waals surface area contributed by atoms with Crippen LogP contribution in [0.3, 0.4) is 0 Å². The standard InChI is InChI=1S/C44H23N3S3/c1-2-13-27-26(12-1)37-28-14-3-7-17-32(28)47(41(37)42-38(27)29-15-5-9-19-34(29)49-42)44-45-39(43-40(46-44)30-16-6-10-20-35(30)50-43)24-21-22-36-31(23-24)25-11-4-8-18-33(25)48-36/h1-23H. The van der Waals surface area contributed by atoms with E-state index in [0.29, 0.717) is 5.95 Å². The monoisotopic (exact) mass is 689 g/mol. The summed E-state index contributed by atoms with van der Waals surface area (Å²) >= 11 is 5.50. The summed E-state index contributed by atoms with van der Waals surface area (Å²) in [6, 6.07) is 50.7. The van der Waals surface area contributed by atoms with Gasteiger partial charge in [-0.1, -0.05) is 103 Å². The zero-order valence-electron chi connectivity index (χ0n) is 26.3. The molecule has 0 bridgehead atoms. The van der Waals surface area contributed by atoms with Gasteiger partial charge in [-0.15, -0.1) is 34.0 Å². The highest BCUT2D eigenvalue weighted by Gasteiger charge is 2.24. The Balaban J connectivity index is 1.27. The first kappa shape index (κ1) is 27.2. The van der Waals surface area contributed by atoms with Gasteiger partial charge in [0, 0.05) is 62.1 Å². The van der Waals surface area contributed by atoms with Crippen molar-refractivity contribution in [2.45, 2.75) is 0 Å². The molecule has 0 fully saturated rings. The highest BCUT2D eigenvalue weighted by atomic mass is 32.1. The second kappa shape index (κ2) is 9.96. The molecule has 0 unspecified atom stereocenters. The maximum absolute atomic E-state index is 5.59. The van der Waals surface area contributed by atoms with E-state index in [9.17, 15) is 0 Å². The van der Waals surface area contributed by atoms with Gasteiger partial charge in [-0.3, -0.25) is 4.57 Å². The van der Waals surface area contributed by atoms with Crippen molar-refractivity contribution in [3.8, 4) is 17.2 Å². The third-order valence-corrected chi connectivity index (χ3v) is 13.7. The second-order valence-electron chi connectivity index (χ2n) is 12.9. The van der Waals surface area contributed by atoms with Crippen LogP contribution < -0.4 is 0 Å². The van der Waals surface area contributed by atoms with Gasteiger partial charge in [0.15, 0.2) is 0 Å². The normalized spacial score (nSPS) is 12.4. The summed E-state index contributed by atoms with van der Waals surface area (Å²) in [6.07, 6.45) is 0. The van der Waals surface area contributed by atoms with Crippen LogP contribution in [0.2, 0.25) is 0 Å². The first-order chi connectivity index (χ1) is 24.8. The highest BCUT2D eigenvalue weighted by Crippen LogP contribution is 2.48. The predicted molar refractivity (Wildman–Crippen MR) is 218 cm³/mol. The lowest BCUT2D eigenvalue weighted by molar-refractivity contribution is 1.02. The number of benzene rings is 7. The molecule has 12 rings (SSSR count). The molecule has 0 spiro atoms. The first-order valence-corrected chi connectivity index (χ1v) is 19.1. The van der Waals surface area contributed by atoms with E-state index in [1.165, 1.54) is 72.1 Å². The third-order valence-electron chi connectivity index (χ3n) is 10.2. The fourth-order valence-corrected chi connectivity index (χ4v) is 11.6. The summed E-state index contributed by atoms with van der Waals surface area (Å²) in [4.78, 5) is 11.1. The zero-order valence-corrected chi connectivity index (χ0v) is 28.8. The molecule has 0 atom stereocenters. The van der Waals surface area contributed by atoms with E-state index in [4.69, 9.17) is 9.97 Å². The van der Waals surface area contributed by atoms with Gasteiger partial charge < -0.3 is 0 Å². The number of para-hydroxylation sites is 1. The first-order valence-electron chi connectivity index (χ1n) is 16.7. The molecule has 12 aromatic rings. The average molecular weight is 690 g/mol. The Morgan fingerprint density at radius 3 is 1.80 bits per heavy atom. The van der Waals surface area contributed by atoms with Gasteiger partial charge in [-0.2, -0.15) is 0 Å². The van der Waals surface area contributed by atoms with Crippen LogP contribution in [-0.4, -0.2) is 14.5 Å². The van der Waals surface area contributed by atoms with Gasteiger partial charge in [-0.25, -0.2) is 9.97 Å². The molecule has 0 aliphatic rings. The van der Waals surface area contributed by atoms with E-state index in [1.54, 1.807) is 11.3 Å². The highest BCUT2D eigenvalue weighted by molar-refractivity contribution is 7.27. The Morgan fingerprint density at radius 1 is 0.420 bits per heavy atom. The van der Waals surface area contributed by atoms with Crippen LogP contribution in [0.5, 0.6) is 0 Å². The van der Waals surface area contributed by atoms with E-state index in [2.05, 4.69) is 144 Å². The maximum Gasteiger partial charge on any atom is 0.235 e. The van der Waals surface area contributed by atoms with Crippen molar-refractivity contribution in [2.75, 3.05) is 0 Å². The summed E-state index contributed by atoms with van der Waals surface area (Å²) < 4.78 is 9.84. The van der Waals surface area contributed by atoms with Crippen molar-refractivity contribution >= 4 is 127 Å². The largest absolute Gasteiger partial charge is 0.276 e. The smallest absolute Gasteiger partial charge is 0.235 e. The topological polar surface area (TPSA) is 30.7 Å². The lowest BCUT2D eigenvalue weighted by atomic mass is 9.99. The number of hydrogen-bond acceptors (Lipinski definition) is 5. The molecule has 0 radical (unpaired) electrons. The number of hydrogen-bond donors (Lipinski definition) is 0. The molecule has 0 aliphatic carbocycles. The molecule has 0 aliphatic heterocycles. The minimum Gasteiger partial charge on any atom is -0.276 e. The minimum absolute atomic E-state index is 0.701. The summed E-state index contributed by atoms with van der Waals surface area (Å²) in [5.74, 6) is 0.701. The summed E-state index contributed by atoms with van der Waals surface area (Å²) in [6.45, 7) is 0. The molecule has 5 heterocycles. The van der Waals surface area contributed by atoms with Gasteiger partial charge in [-0.05, 0) is 47.2 Å². The number of fused-ring (bicyclic) bond motifs is 16. The van der Waals surface area contributed by atoms with Gasteiger partial charge in [0.05, 0.1) is 31.6 Å². The summed E-state index contributed by atoms with van der Waals surface area (Å²) in [5, 5.41) is 11.3. The Labute approximate surface area is 296 Å². The molecule has 0 saturated heterocycles. The number of rotatable bonds is 2. The summed E-state index contributed by atoms with van der Waals surface area (Å²) in [5.41, 5.74) is 5.37. The molecule has 6 heteroatoms. The van der Waals surface area contributed by atoms with Crippen LogP contribution in [-0.2, 0) is 0 Å². The summed E-state index contributed by atoms with van der Waals surface area (Å²) in [7, 11) is 0. The number of aromatic nitrogens is 3. The SMILES string of the molecule is c1ccc2c(c1)sc1ccc(-c3nc(-n4c5ccccc5c5c6ccccc6c6c7ccccc7sc6c54)nc4c3sc3ccccc34)cc12. The Hall–Kier alpha value is -5.66. The van der Waals surface area contributed by atoms with Crippen molar-refractivity contribution in [1.82, 2.24) is 14.5 Å². The quantitative estimate of drug-likeness (QED) is 0.181. The van der Waals surface area contributed by atoms with E-state index in [0.717, 1.165) is 32.4 Å². The van der Waals surface area contributed by atoms with Crippen molar-refractivity contribution in [3.05, 3.63) is 140 Å². The van der Waals surface area contributed by atoms with Crippen LogP contribution in [0.4, 0.5) is 0 Å². The van der Waals surface area contributed by atoms with Gasteiger partial charge in [0.1, 0.15) is 0 Å². The van der Waals surface area contributed by atoms with E-state index in [-0.39, 0.29) is 0 Å². The molecule has 0 amide bonds. The molecule has 50 heavy (non-hydrogen) atoms. The Bertz CT molecular complexity index is 3400. The van der Waals surface area contributed by atoms with E-state index < -0.39 is 0 Å². The van der Waals surface area contributed by atoms with Gasteiger partial charge in [0.25, 0.3) is 0 Å². The van der Waals surface area contributed by atoms with Crippen molar-refractivity contribution in [3.63, 3.8) is 0 Å². The van der Waals surface area contributed by atoms with Crippen LogP contribution in [0, 0.1) is 0 Å². The molecular formula is C44H23N3S3. The van der Waals surface area contributed by atoms with E-state index in [1.807, 2.05) is 22.7 Å². The number of thiophene rings is 3. The molecule has 0 N–H and O–H groups in total. The fourth-order valence-electron chi connectivity index (χ4n) is 8.08. The number of nitrogens with zero attached hydrogens (tertiary/aromatic N) is 3. The van der Waals surface area contributed by atoms with Crippen LogP contribution in [0.25, 0.3) is 110 Å². The van der Waals surface area contributed by atoms with Crippen LogP contribution in [0.15, 0.2) is 140 Å². The third kappa shape index (κ3) is 3.57. The lowest BCUT2D eigenvalue weighted by Gasteiger charge is -2.11. The van der Waals surface area contributed by atoms with Crippen molar-refractivity contribution in [2.24, 2.45) is 0 Å². The Kier molecular flexibility index (Phi) is 5.42.